The van der Waals surface area contributed by atoms with Crippen molar-refractivity contribution in [3.05, 3.63) is 42.2 Å². The molecule has 0 radical (unpaired) electrons. The summed E-state index contributed by atoms with van der Waals surface area (Å²) in [5.41, 5.74) is 10.4. The molecular formula is C30H41IN8O3. The predicted octanol–water partition coefficient (Wildman–Crippen LogP) is 4.09. The monoisotopic (exact) mass is 688 g/mol. The standard InChI is InChI=1S/C30H41IN8O3/c1-16(2)39(13-21-24(40)25(41)28(42-21)38-15-35-23-26(32)33-14-34-27(23)38)30(31)11-17(12-30)6-9-22-36-19-8-7-18(29(3,4)5)10-20(19)37-22/h7-8,10,14-17,21,24-25,28,40-41H,6,9,11-13H2,1-5H3,(H,36,37)(H2,32,33,34)/t17?,21-,24-,25-,28-,30?/m1/s1. The van der Waals surface area contributed by atoms with E-state index < -0.39 is 24.5 Å². The number of halogens is 1. The number of fused-ring (bicyclic) bond motifs is 2. The number of alkyl halides is 1. The molecule has 2 aliphatic rings. The van der Waals surface area contributed by atoms with Crippen molar-refractivity contribution in [1.82, 2.24) is 34.4 Å². The highest BCUT2D eigenvalue weighted by Crippen LogP contribution is 2.51. The van der Waals surface area contributed by atoms with Crippen LogP contribution in [0.3, 0.4) is 0 Å². The van der Waals surface area contributed by atoms with E-state index in [9.17, 15) is 10.2 Å². The van der Waals surface area contributed by atoms with Crippen molar-refractivity contribution in [3.63, 3.8) is 0 Å². The Morgan fingerprint density at radius 1 is 1.19 bits per heavy atom. The van der Waals surface area contributed by atoms with Gasteiger partial charge in [-0.05, 0) is 62.1 Å². The summed E-state index contributed by atoms with van der Waals surface area (Å²) in [6, 6.07) is 6.77. The number of hydrogen-bond acceptors (Lipinski definition) is 9. The second-order valence-corrected chi connectivity index (χ2v) is 15.3. The Kier molecular flexibility index (Phi) is 7.74. The number of aliphatic hydroxyl groups is 2. The Labute approximate surface area is 259 Å². The summed E-state index contributed by atoms with van der Waals surface area (Å²) in [6.45, 7) is 11.5. The molecule has 4 atom stereocenters. The number of H-pyrrole nitrogens is 1. The van der Waals surface area contributed by atoms with Crippen LogP contribution in [-0.4, -0.2) is 79.0 Å². The van der Waals surface area contributed by atoms with Gasteiger partial charge in [0.05, 0.1) is 20.9 Å². The number of nitrogen functional groups attached to an aromatic ring is 1. The topological polar surface area (TPSA) is 151 Å². The molecule has 11 nitrogen and oxygen atoms in total. The van der Waals surface area contributed by atoms with Crippen molar-refractivity contribution >= 4 is 50.6 Å². The highest BCUT2D eigenvalue weighted by Gasteiger charge is 2.51. The van der Waals surface area contributed by atoms with Crippen molar-refractivity contribution in [2.45, 2.75) is 99.8 Å². The van der Waals surface area contributed by atoms with Crippen molar-refractivity contribution in [2.75, 3.05) is 12.3 Å². The van der Waals surface area contributed by atoms with Gasteiger partial charge in [0.2, 0.25) is 0 Å². The number of imidazole rings is 2. The molecular weight excluding hydrogens is 647 g/mol. The van der Waals surface area contributed by atoms with Crippen LogP contribution >= 0.6 is 22.6 Å². The van der Waals surface area contributed by atoms with Gasteiger partial charge in [-0.2, -0.15) is 0 Å². The molecule has 1 aliphatic heterocycles. The Hall–Kier alpha value is -2.39. The fourth-order valence-corrected chi connectivity index (χ4v) is 8.45. The number of aromatic nitrogens is 6. The fraction of sp³-hybridized carbons (Fsp3) is 0.600. The lowest BCUT2D eigenvalue weighted by Gasteiger charge is -2.53. The number of ether oxygens (including phenoxy) is 1. The maximum atomic E-state index is 11.0. The van der Waals surface area contributed by atoms with Crippen LogP contribution in [0.2, 0.25) is 0 Å². The lowest BCUT2D eigenvalue weighted by Crippen LogP contribution is -2.58. The number of rotatable bonds is 8. The molecule has 1 aliphatic carbocycles. The molecule has 5 N–H and O–H groups in total. The number of aromatic amines is 1. The summed E-state index contributed by atoms with van der Waals surface area (Å²) < 4.78 is 7.86. The first kappa shape index (κ1) is 29.7. The molecule has 1 aromatic carbocycles. The van der Waals surface area contributed by atoms with Gasteiger partial charge in [0, 0.05) is 19.0 Å². The quantitative estimate of drug-likeness (QED) is 0.122. The number of aliphatic hydroxyl groups excluding tert-OH is 2. The van der Waals surface area contributed by atoms with E-state index in [0.29, 0.717) is 23.6 Å². The van der Waals surface area contributed by atoms with Crippen molar-refractivity contribution < 1.29 is 14.9 Å². The van der Waals surface area contributed by atoms with Gasteiger partial charge >= 0.3 is 0 Å². The van der Waals surface area contributed by atoms with E-state index in [1.807, 2.05) is 0 Å². The number of benzene rings is 1. The Bertz CT molecular complexity index is 1570. The van der Waals surface area contributed by atoms with E-state index in [0.717, 1.165) is 42.5 Å². The smallest absolute Gasteiger partial charge is 0.167 e. The van der Waals surface area contributed by atoms with E-state index >= 15 is 0 Å². The molecule has 6 rings (SSSR count). The third-order valence-electron chi connectivity index (χ3n) is 8.90. The van der Waals surface area contributed by atoms with Gasteiger partial charge in [0.25, 0.3) is 0 Å². The molecule has 0 unspecified atom stereocenters. The summed E-state index contributed by atoms with van der Waals surface area (Å²) in [6.07, 6.45) is 3.43. The molecule has 226 valence electrons. The van der Waals surface area contributed by atoms with E-state index in [1.54, 1.807) is 4.57 Å². The first-order valence-corrected chi connectivity index (χ1v) is 15.8. The molecule has 4 heterocycles. The minimum Gasteiger partial charge on any atom is -0.387 e. The van der Waals surface area contributed by atoms with Crippen molar-refractivity contribution in [3.8, 4) is 0 Å². The summed E-state index contributed by atoms with van der Waals surface area (Å²) in [5, 5.41) is 22.0. The number of hydrogen-bond donors (Lipinski definition) is 4. The van der Waals surface area contributed by atoms with Crippen LogP contribution in [0, 0.1) is 5.92 Å². The first-order valence-electron chi connectivity index (χ1n) is 14.7. The van der Waals surface area contributed by atoms with Crippen LogP contribution in [-0.2, 0) is 16.6 Å². The summed E-state index contributed by atoms with van der Waals surface area (Å²) in [4.78, 5) is 23.4. The summed E-state index contributed by atoms with van der Waals surface area (Å²) in [7, 11) is 0. The van der Waals surface area contributed by atoms with Gasteiger partial charge in [-0.3, -0.25) is 9.47 Å². The van der Waals surface area contributed by atoms with E-state index in [4.69, 9.17) is 15.5 Å². The largest absolute Gasteiger partial charge is 0.387 e. The van der Waals surface area contributed by atoms with Gasteiger partial charge in [-0.15, -0.1) is 0 Å². The molecule has 3 aromatic heterocycles. The van der Waals surface area contributed by atoms with Crippen LogP contribution in [0.25, 0.3) is 22.2 Å². The molecule has 1 saturated carbocycles. The third-order valence-corrected chi connectivity index (χ3v) is 10.4. The predicted molar refractivity (Wildman–Crippen MR) is 170 cm³/mol. The molecule has 42 heavy (non-hydrogen) atoms. The minimum absolute atomic E-state index is 0.0401. The maximum absolute atomic E-state index is 11.0. The SMILES string of the molecule is CC(C)N(C[C@H]1O[C@@H](n2cnc3c(N)ncnc32)[C@H](O)[C@@H]1O)C1(I)CC(CCc2nc3ccc(C(C)(C)C)cc3[nH]2)C1. The second kappa shape index (κ2) is 11.0. The van der Waals surface area contributed by atoms with E-state index in [-0.39, 0.29) is 20.8 Å². The van der Waals surface area contributed by atoms with Crippen LogP contribution < -0.4 is 5.73 Å². The number of nitrogens with zero attached hydrogens (tertiary/aromatic N) is 6. The average molecular weight is 689 g/mol. The zero-order valence-electron chi connectivity index (χ0n) is 24.8. The van der Waals surface area contributed by atoms with Gasteiger partial charge in [-0.25, -0.2) is 19.9 Å². The minimum atomic E-state index is -1.12. The number of nitrogens with one attached hydrogen (secondary N) is 1. The van der Waals surface area contributed by atoms with Crippen LogP contribution in [0.4, 0.5) is 5.82 Å². The molecule has 2 fully saturated rings. The Morgan fingerprint density at radius 3 is 2.67 bits per heavy atom. The zero-order chi connectivity index (χ0) is 30.0. The fourth-order valence-electron chi connectivity index (χ4n) is 6.45. The molecule has 4 aromatic rings. The van der Waals surface area contributed by atoms with E-state index in [2.05, 4.69) is 100 Å². The van der Waals surface area contributed by atoms with Gasteiger partial charge in [0.1, 0.15) is 36.0 Å². The lowest BCUT2D eigenvalue weighted by molar-refractivity contribution is -0.0652. The number of anilines is 1. The second-order valence-electron chi connectivity index (χ2n) is 13.3. The molecule has 12 heteroatoms. The van der Waals surface area contributed by atoms with Crippen molar-refractivity contribution in [1.29, 1.82) is 0 Å². The third kappa shape index (κ3) is 5.40. The average Bonchev–Trinajstić information content (AvgIpc) is 3.60. The van der Waals surface area contributed by atoms with E-state index in [1.165, 1.54) is 18.2 Å². The first-order chi connectivity index (χ1) is 19.8. The Balaban J connectivity index is 1.09. The highest BCUT2D eigenvalue weighted by molar-refractivity contribution is 14.1. The molecule has 0 bridgehead atoms. The summed E-state index contributed by atoms with van der Waals surface area (Å²) in [5.74, 6) is 1.90. The maximum Gasteiger partial charge on any atom is 0.167 e. The molecule has 0 spiro atoms. The van der Waals surface area contributed by atoms with Crippen LogP contribution in [0.15, 0.2) is 30.9 Å². The summed E-state index contributed by atoms with van der Waals surface area (Å²) >= 11 is 2.58. The van der Waals surface area contributed by atoms with Crippen LogP contribution in [0.5, 0.6) is 0 Å². The van der Waals surface area contributed by atoms with Crippen molar-refractivity contribution in [2.24, 2.45) is 5.92 Å². The normalized spacial score (nSPS) is 28.4. The zero-order valence-corrected chi connectivity index (χ0v) is 27.0. The van der Waals surface area contributed by atoms with Gasteiger partial charge in [0.15, 0.2) is 17.7 Å². The lowest BCUT2D eigenvalue weighted by atomic mass is 9.76. The highest BCUT2D eigenvalue weighted by atomic mass is 127. The number of aryl methyl sites for hydroxylation is 1. The molecule has 0 amide bonds. The van der Waals surface area contributed by atoms with Gasteiger partial charge < -0.3 is 25.7 Å². The van der Waals surface area contributed by atoms with Crippen LogP contribution in [0.1, 0.15) is 71.5 Å². The number of nitrogens with two attached hydrogens (primary N) is 1. The molecule has 1 saturated heterocycles. The Morgan fingerprint density at radius 2 is 1.95 bits per heavy atom. The van der Waals surface area contributed by atoms with Gasteiger partial charge in [-0.1, -0.05) is 49.4 Å².